The van der Waals surface area contributed by atoms with Crippen LogP contribution in [0, 0.1) is 5.82 Å². The van der Waals surface area contributed by atoms with Gasteiger partial charge in [0.1, 0.15) is 11.9 Å². The Kier molecular flexibility index (Phi) is 7.58. The lowest BCUT2D eigenvalue weighted by Crippen LogP contribution is -2.55. The van der Waals surface area contributed by atoms with Crippen LogP contribution in [0.5, 0.6) is 0 Å². The first kappa shape index (κ1) is 23.5. The molecule has 176 valence electrons. The summed E-state index contributed by atoms with van der Waals surface area (Å²) in [7, 11) is 0. The number of benzene rings is 3. The van der Waals surface area contributed by atoms with Crippen molar-refractivity contribution in [3.63, 3.8) is 0 Å². The average Bonchev–Trinajstić information content (AvgIpc) is 2.89. The van der Waals surface area contributed by atoms with Crippen LogP contribution < -0.4 is 10.2 Å². The molecule has 1 unspecified atom stereocenters. The molecule has 34 heavy (non-hydrogen) atoms. The summed E-state index contributed by atoms with van der Waals surface area (Å²) in [5.74, 6) is -0.636. The smallest absolute Gasteiger partial charge is 0.251 e. The van der Waals surface area contributed by atoms with E-state index in [0.29, 0.717) is 43.9 Å². The molecular weight excluding hydrogens is 429 g/mol. The summed E-state index contributed by atoms with van der Waals surface area (Å²) in [6.07, 6.45) is 1.31. The van der Waals surface area contributed by atoms with Gasteiger partial charge in [-0.2, -0.15) is 0 Å². The van der Waals surface area contributed by atoms with Crippen LogP contribution in [0.3, 0.4) is 0 Å². The first-order valence-electron chi connectivity index (χ1n) is 11.8. The molecule has 6 heteroatoms. The lowest BCUT2D eigenvalue weighted by Gasteiger charge is -2.37. The Bertz CT molecular complexity index is 1110. The number of nitrogens with zero attached hydrogens (tertiary/aromatic N) is 2. The van der Waals surface area contributed by atoms with Crippen LogP contribution in [0.2, 0.25) is 0 Å². The van der Waals surface area contributed by atoms with Gasteiger partial charge in [-0.1, -0.05) is 61.5 Å². The molecule has 0 bridgehead atoms. The molecule has 3 aromatic rings. The molecule has 0 aromatic heterocycles. The number of hydrogen-bond acceptors (Lipinski definition) is 3. The van der Waals surface area contributed by atoms with Crippen LogP contribution in [0.25, 0.3) is 0 Å². The summed E-state index contributed by atoms with van der Waals surface area (Å²) in [5.41, 5.74) is 3.22. The van der Waals surface area contributed by atoms with Crippen molar-refractivity contribution >= 4 is 17.5 Å². The Labute approximate surface area is 200 Å². The van der Waals surface area contributed by atoms with Gasteiger partial charge in [-0.3, -0.25) is 9.59 Å². The van der Waals surface area contributed by atoms with E-state index < -0.39 is 6.04 Å². The molecule has 1 atom stereocenters. The minimum absolute atomic E-state index is 0.115. The molecule has 1 aliphatic rings. The Hall–Kier alpha value is -3.67. The maximum absolute atomic E-state index is 14.2. The summed E-state index contributed by atoms with van der Waals surface area (Å²) >= 11 is 0. The fourth-order valence-electron chi connectivity index (χ4n) is 4.28. The zero-order valence-corrected chi connectivity index (χ0v) is 19.4. The lowest BCUT2D eigenvalue weighted by atomic mass is 10.0. The predicted molar refractivity (Wildman–Crippen MR) is 132 cm³/mol. The number of aryl methyl sites for hydroxylation is 1. The fourth-order valence-corrected chi connectivity index (χ4v) is 4.28. The standard InChI is InChI=1S/C28H30FN3O2/c1-2-21-12-14-23(15-13-21)27(33)30-25(20-22-8-4-3-5-9-22)28(34)32-18-16-31(17-19-32)26-11-7-6-10-24(26)29/h3-15,25H,2,16-20H2,1H3,(H,30,33). The van der Waals surface area contributed by atoms with E-state index in [0.717, 1.165) is 17.5 Å². The number of rotatable bonds is 7. The van der Waals surface area contributed by atoms with Gasteiger partial charge < -0.3 is 15.1 Å². The number of anilines is 1. The van der Waals surface area contributed by atoms with E-state index in [9.17, 15) is 14.0 Å². The van der Waals surface area contributed by atoms with Crippen molar-refractivity contribution in [1.82, 2.24) is 10.2 Å². The third kappa shape index (κ3) is 5.63. The van der Waals surface area contributed by atoms with Gasteiger partial charge in [-0.15, -0.1) is 0 Å². The normalized spacial score (nSPS) is 14.5. The van der Waals surface area contributed by atoms with E-state index in [2.05, 4.69) is 12.2 Å². The predicted octanol–water partition coefficient (Wildman–Crippen LogP) is 4.08. The quantitative estimate of drug-likeness (QED) is 0.579. The molecule has 1 saturated heterocycles. The van der Waals surface area contributed by atoms with Crippen LogP contribution in [0.1, 0.15) is 28.4 Å². The summed E-state index contributed by atoms with van der Waals surface area (Å²) in [6, 6.07) is 23.2. The largest absolute Gasteiger partial charge is 0.366 e. The van der Waals surface area contributed by atoms with Crippen LogP contribution in [-0.2, 0) is 17.6 Å². The molecule has 0 saturated carbocycles. The zero-order valence-electron chi connectivity index (χ0n) is 19.4. The minimum Gasteiger partial charge on any atom is -0.366 e. The maximum Gasteiger partial charge on any atom is 0.251 e. The highest BCUT2D eigenvalue weighted by Gasteiger charge is 2.29. The summed E-state index contributed by atoms with van der Waals surface area (Å²) < 4.78 is 14.2. The van der Waals surface area contributed by atoms with E-state index >= 15 is 0 Å². The van der Waals surface area contributed by atoms with Gasteiger partial charge in [0, 0.05) is 38.2 Å². The number of carbonyl (C=O) groups is 2. The number of carbonyl (C=O) groups excluding carboxylic acids is 2. The van der Waals surface area contributed by atoms with Gasteiger partial charge in [0.05, 0.1) is 5.69 Å². The molecule has 2 amide bonds. The van der Waals surface area contributed by atoms with Crippen molar-refractivity contribution in [3.8, 4) is 0 Å². The summed E-state index contributed by atoms with van der Waals surface area (Å²) in [5, 5.41) is 2.96. The number of hydrogen-bond donors (Lipinski definition) is 1. The third-order valence-corrected chi connectivity index (χ3v) is 6.29. The van der Waals surface area contributed by atoms with Crippen LogP contribution in [0.4, 0.5) is 10.1 Å². The molecule has 0 spiro atoms. The summed E-state index contributed by atoms with van der Waals surface area (Å²) in [4.78, 5) is 30.2. The highest BCUT2D eigenvalue weighted by Crippen LogP contribution is 2.20. The molecule has 0 aliphatic carbocycles. The van der Waals surface area contributed by atoms with Gasteiger partial charge in [0.2, 0.25) is 5.91 Å². The van der Waals surface area contributed by atoms with Gasteiger partial charge in [0.25, 0.3) is 5.91 Å². The molecule has 1 aliphatic heterocycles. The Morgan fingerprint density at radius 3 is 2.15 bits per heavy atom. The van der Waals surface area contributed by atoms with Crippen molar-refractivity contribution in [2.45, 2.75) is 25.8 Å². The second kappa shape index (κ2) is 11.0. The summed E-state index contributed by atoms with van der Waals surface area (Å²) in [6.45, 7) is 4.09. The second-order valence-electron chi connectivity index (χ2n) is 8.53. The van der Waals surface area contributed by atoms with E-state index in [-0.39, 0.29) is 17.6 Å². The molecular formula is C28H30FN3O2. The highest BCUT2D eigenvalue weighted by molar-refractivity contribution is 5.97. The maximum atomic E-state index is 14.2. The number of para-hydroxylation sites is 1. The second-order valence-corrected chi connectivity index (χ2v) is 8.53. The molecule has 1 heterocycles. The average molecular weight is 460 g/mol. The number of halogens is 1. The van der Waals surface area contributed by atoms with Gasteiger partial charge in [-0.05, 0) is 41.8 Å². The zero-order chi connectivity index (χ0) is 23.9. The van der Waals surface area contributed by atoms with Gasteiger partial charge in [0.15, 0.2) is 0 Å². The van der Waals surface area contributed by atoms with Gasteiger partial charge in [-0.25, -0.2) is 4.39 Å². The first-order valence-corrected chi connectivity index (χ1v) is 11.8. The van der Waals surface area contributed by atoms with E-state index in [1.165, 1.54) is 6.07 Å². The van der Waals surface area contributed by atoms with Crippen molar-refractivity contribution in [1.29, 1.82) is 0 Å². The SMILES string of the molecule is CCc1ccc(C(=O)NC(Cc2ccccc2)C(=O)N2CCN(c3ccccc3F)CC2)cc1. The van der Waals surface area contributed by atoms with Crippen molar-refractivity contribution in [2.24, 2.45) is 0 Å². The van der Waals surface area contributed by atoms with E-state index in [1.807, 2.05) is 53.4 Å². The number of piperazine rings is 1. The monoisotopic (exact) mass is 459 g/mol. The molecule has 5 nitrogen and oxygen atoms in total. The Balaban J connectivity index is 1.46. The molecule has 4 rings (SSSR count). The molecule has 1 fully saturated rings. The highest BCUT2D eigenvalue weighted by atomic mass is 19.1. The third-order valence-electron chi connectivity index (χ3n) is 6.29. The Morgan fingerprint density at radius 1 is 0.853 bits per heavy atom. The van der Waals surface area contributed by atoms with Crippen molar-refractivity contribution in [3.05, 3.63) is 101 Å². The molecule has 3 aromatic carbocycles. The lowest BCUT2D eigenvalue weighted by molar-refractivity contribution is -0.133. The van der Waals surface area contributed by atoms with Gasteiger partial charge >= 0.3 is 0 Å². The molecule has 0 radical (unpaired) electrons. The number of nitrogens with one attached hydrogen (secondary N) is 1. The van der Waals surface area contributed by atoms with E-state index in [4.69, 9.17) is 0 Å². The fraction of sp³-hybridized carbons (Fsp3) is 0.286. The number of amides is 2. The van der Waals surface area contributed by atoms with E-state index in [1.54, 1.807) is 29.2 Å². The molecule has 1 N–H and O–H groups in total. The van der Waals surface area contributed by atoms with Crippen LogP contribution in [0.15, 0.2) is 78.9 Å². The topological polar surface area (TPSA) is 52.7 Å². The van der Waals surface area contributed by atoms with Crippen molar-refractivity contribution in [2.75, 3.05) is 31.1 Å². The minimum atomic E-state index is -0.680. The van der Waals surface area contributed by atoms with Crippen LogP contribution >= 0.6 is 0 Å². The van der Waals surface area contributed by atoms with Crippen molar-refractivity contribution < 1.29 is 14.0 Å². The Morgan fingerprint density at radius 2 is 1.50 bits per heavy atom. The van der Waals surface area contributed by atoms with Crippen LogP contribution in [-0.4, -0.2) is 48.9 Å². The first-order chi connectivity index (χ1) is 16.5.